The minimum absolute atomic E-state index is 0.0582. The number of carbonyl (C=O) groups excluding carboxylic acids is 1. The van der Waals surface area contributed by atoms with Gasteiger partial charge in [-0.1, -0.05) is 25.1 Å². The highest BCUT2D eigenvalue weighted by molar-refractivity contribution is 5.95. The third-order valence-corrected chi connectivity index (χ3v) is 2.56. The van der Waals surface area contributed by atoms with Crippen molar-refractivity contribution in [3.05, 3.63) is 35.4 Å². The zero-order valence-electron chi connectivity index (χ0n) is 9.66. The summed E-state index contributed by atoms with van der Waals surface area (Å²) in [4.78, 5) is 11.9. The second-order valence-electron chi connectivity index (χ2n) is 3.76. The molecule has 1 N–H and O–H groups in total. The van der Waals surface area contributed by atoms with Gasteiger partial charge in [0, 0.05) is 11.6 Å². The molecule has 0 aliphatic heterocycles. The molecule has 0 bridgehead atoms. The van der Waals surface area contributed by atoms with Gasteiger partial charge in [-0.2, -0.15) is 5.26 Å². The van der Waals surface area contributed by atoms with E-state index in [2.05, 4.69) is 11.4 Å². The van der Waals surface area contributed by atoms with Crippen molar-refractivity contribution in [2.75, 3.05) is 0 Å². The van der Waals surface area contributed by atoms with Crippen LogP contribution in [0.3, 0.4) is 0 Å². The molecule has 1 atom stereocenters. The van der Waals surface area contributed by atoms with Crippen molar-refractivity contribution in [1.82, 2.24) is 5.32 Å². The van der Waals surface area contributed by atoms with E-state index in [0.717, 1.165) is 12.0 Å². The van der Waals surface area contributed by atoms with Gasteiger partial charge < -0.3 is 5.32 Å². The maximum Gasteiger partial charge on any atom is 0.251 e. The van der Waals surface area contributed by atoms with Crippen molar-refractivity contribution in [2.24, 2.45) is 0 Å². The lowest BCUT2D eigenvalue weighted by atomic mass is 10.1. The van der Waals surface area contributed by atoms with E-state index in [0.29, 0.717) is 12.0 Å². The Bertz CT molecular complexity index is 407. The maximum atomic E-state index is 11.9. The average Bonchev–Trinajstić information content (AvgIpc) is 2.28. The Hall–Kier alpha value is -1.82. The summed E-state index contributed by atoms with van der Waals surface area (Å²) in [6.45, 7) is 3.86. The fourth-order valence-corrected chi connectivity index (χ4v) is 1.50. The molecule has 0 spiro atoms. The predicted molar refractivity (Wildman–Crippen MR) is 63.0 cm³/mol. The van der Waals surface area contributed by atoms with Crippen molar-refractivity contribution in [1.29, 1.82) is 5.26 Å². The highest BCUT2D eigenvalue weighted by atomic mass is 16.1. The van der Waals surface area contributed by atoms with Gasteiger partial charge in [0.05, 0.1) is 12.5 Å². The number of rotatable bonds is 4. The third kappa shape index (κ3) is 3.09. The Morgan fingerprint density at radius 1 is 1.50 bits per heavy atom. The van der Waals surface area contributed by atoms with Crippen LogP contribution in [0.1, 0.15) is 35.7 Å². The first-order valence-corrected chi connectivity index (χ1v) is 5.42. The van der Waals surface area contributed by atoms with E-state index in [4.69, 9.17) is 5.26 Å². The molecule has 1 amide bonds. The van der Waals surface area contributed by atoms with Gasteiger partial charge in [0.15, 0.2) is 0 Å². The van der Waals surface area contributed by atoms with Crippen LogP contribution < -0.4 is 5.32 Å². The van der Waals surface area contributed by atoms with Gasteiger partial charge >= 0.3 is 0 Å². The van der Waals surface area contributed by atoms with Crippen LogP contribution in [0.5, 0.6) is 0 Å². The van der Waals surface area contributed by atoms with Crippen LogP contribution in [0.15, 0.2) is 24.3 Å². The molecule has 0 fully saturated rings. The molecule has 0 aromatic heterocycles. The first-order chi connectivity index (χ1) is 7.69. The van der Waals surface area contributed by atoms with Gasteiger partial charge in [0.2, 0.25) is 0 Å². The van der Waals surface area contributed by atoms with Crippen LogP contribution in [-0.4, -0.2) is 11.9 Å². The highest BCUT2D eigenvalue weighted by Crippen LogP contribution is 2.08. The molecule has 1 rings (SSSR count). The van der Waals surface area contributed by atoms with E-state index in [-0.39, 0.29) is 11.9 Å². The molecular formula is C13H16N2O. The van der Waals surface area contributed by atoms with Crippen molar-refractivity contribution >= 4 is 5.91 Å². The van der Waals surface area contributed by atoms with Crippen molar-refractivity contribution in [3.8, 4) is 6.07 Å². The fourth-order valence-electron chi connectivity index (χ4n) is 1.50. The Balaban J connectivity index is 2.73. The molecule has 3 heteroatoms. The van der Waals surface area contributed by atoms with Gasteiger partial charge in [-0.3, -0.25) is 4.79 Å². The predicted octanol–water partition coefficient (Wildman–Crippen LogP) is 2.42. The number of hydrogen-bond acceptors (Lipinski definition) is 2. The second kappa shape index (κ2) is 5.92. The van der Waals surface area contributed by atoms with Crippen LogP contribution in [0.4, 0.5) is 0 Å². The summed E-state index contributed by atoms with van der Waals surface area (Å²) in [5.74, 6) is -0.0970. The summed E-state index contributed by atoms with van der Waals surface area (Å²) in [7, 11) is 0. The lowest BCUT2D eigenvalue weighted by molar-refractivity contribution is 0.0936. The van der Waals surface area contributed by atoms with E-state index in [1.807, 2.05) is 32.0 Å². The molecular weight excluding hydrogens is 200 g/mol. The van der Waals surface area contributed by atoms with Crippen molar-refractivity contribution in [2.45, 2.75) is 32.7 Å². The van der Waals surface area contributed by atoms with Crippen molar-refractivity contribution < 1.29 is 4.79 Å². The number of amides is 1. The monoisotopic (exact) mass is 216 g/mol. The second-order valence-corrected chi connectivity index (χ2v) is 3.76. The average molecular weight is 216 g/mol. The highest BCUT2D eigenvalue weighted by Gasteiger charge is 2.12. The number of hydrogen-bond donors (Lipinski definition) is 1. The van der Waals surface area contributed by atoms with Crippen LogP contribution in [0.2, 0.25) is 0 Å². The minimum atomic E-state index is -0.0970. The molecule has 0 aliphatic rings. The molecule has 0 radical (unpaired) electrons. The minimum Gasteiger partial charge on any atom is -0.348 e. The smallest absolute Gasteiger partial charge is 0.251 e. The Morgan fingerprint density at radius 3 is 2.75 bits per heavy atom. The van der Waals surface area contributed by atoms with Crippen LogP contribution in [0, 0.1) is 18.3 Å². The van der Waals surface area contributed by atoms with E-state index in [1.54, 1.807) is 6.07 Å². The molecule has 16 heavy (non-hydrogen) atoms. The van der Waals surface area contributed by atoms with Crippen LogP contribution in [-0.2, 0) is 0 Å². The molecule has 0 heterocycles. The largest absolute Gasteiger partial charge is 0.348 e. The fraction of sp³-hybridized carbons (Fsp3) is 0.385. The Kier molecular flexibility index (Phi) is 4.53. The first kappa shape index (κ1) is 12.3. The van der Waals surface area contributed by atoms with Gasteiger partial charge in [-0.15, -0.1) is 0 Å². The SMILES string of the molecule is CCC(CC#N)NC(=O)c1ccccc1C. The van der Waals surface area contributed by atoms with Crippen LogP contribution >= 0.6 is 0 Å². The zero-order valence-corrected chi connectivity index (χ0v) is 9.66. The lowest BCUT2D eigenvalue weighted by Gasteiger charge is -2.14. The molecule has 0 saturated carbocycles. The molecule has 1 aromatic rings. The summed E-state index contributed by atoms with van der Waals surface area (Å²) >= 11 is 0. The molecule has 0 aliphatic carbocycles. The van der Waals surface area contributed by atoms with Crippen LogP contribution in [0.25, 0.3) is 0 Å². The summed E-state index contributed by atoms with van der Waals surface area (Å²) in [5.41, 5.74) is 1.63. The van der Waals surface area contributed by atoms with Gasteiger partial charge in [0.25, 0.3) is 5.91 Å². The maximum absolute atomic E-state index is 11.9. The van der Waals surface area contributed by atoms with E-state index >= 15 is 0 Å². The molecule has 0 saturated heterocycles. The molecule has 84 valence electrons. The molecule has 1 aromatic carbocycles. The van der Waals surface area contributed by atoms with E-state index < -0.39 is 0 Å². The standard InChI is InChI=1S/C13H16N2O/c1-3-11(8-9-14)15-13(16)12-7-5-4-6-10(12)2/h4-7,11H,3,8H2,1-2H3,(H,15,16). The first-order valence-electron chi connectivity index (χ1n) is 5.42. The number of benzene rings is 1. The third-order valence-electron chi connectivity index (χ3n) is 2.56. The topological polar surface area (TPSA) is 52.9 Å². The summed E-state index contributed by atoms with van der Waals surface area (Å²) < 4.78 is 0. The quantitative estimate of drug-likeness (QED) is 0.840. The Labute approximate surface area is 96.1 Å². The number of aryl methyl sites for hydroxylation is 1. The summed E-state index contributed by atoms with van der Waals surface area (Å²) in [6.07, 6.45) is 1.12. The van der Waals surface area contributed by atoms with Crippen molar-refractivity contribution in [3.63, 3.8) is 0 Å². The Morgan fingerprint density at radius 2 is 2.19 bits per heavy atom. The van der Waals surface area contributed by atoms with Gasteiger partial charge in [-0.25, -0.2) is 0 Å². The van der Waals surface area contributed by atoms with E-state index in [1.165, 1.54) is 0 Å². The lowest BCUT2D eigenvalue weighted by Crippen LogP contribution is -2.34. The number of nitrogens with zero attached hydrogens (tertiary/aromatic N) is 1. The number of carbonyl (C=O) groups is 1. The molecule has 3 nitrogen and oxygen atoms in total. The number of nitrogens with one attached hydrogen (secondary N) is 1. The number of nitriles is 1. The molecule has 1 unspecified atom stereocenters. The zero-order chi connectivity index (χ0) is 12.0. The van der Waals surface area contributed by atoms with Gasteiger partial charge in [0.1, 0.15) is 0 Å². The van der Waals surface area contributed by atoms with Gasteiger partial charge in [-0.05, 0) is 25.0 Å². The summed E-state index contributed by atoms with van der Waals surface area (Å²) in [6, 6.07) is 9.46. The van der Waals surface area contributed by atoms with E-state index in [9.17, 15) is 4.79 Å². The summed E-state index contributed by atoms with van der Waals surface area (Å²) in [5, 5.41) is 11.5. The normalized spacial score (nSPS) is 11.6.